The van der Waals surface area contributed by atoms with Gasteiger partial charge in [-0.05, 0) is 18.2 Å². The molecule has 1 aromatic heterocycles. The zero-order valence-electron chi connectivity index (χ0n) is 16.7. The molecule has 0 bridgehead atoms. The van der Waals surface area contributed by atoms with Crippen LogP contribution in [0.15, 0.2) is 84.9 Å². The Kier molecular flexibility index (Phi) is 5.90. The number of hydrogen-bond acceptors (Lipinski definition) is 4. The summed E-state index contributed by atoms with van der Waals surface area (Å²) in [6.45, 7) is 0.288. The Balaban J connectivity index is 1.50. The number of hydrogen-bond donors (Lipinski definition) is 1. The molecule has 4 rings (SSSR count). The molecule has 0 atom stereocenters. The number of nitrogens with zero attached hydrogens (tertiary/aromatic N) is 1. The Hall–Kier alpha value is -3.86. The van der Waals surface area contributed by atoms with Crippen molar-refractivity contribution >= 4 is 16.8 Å². The van der Waals surface area contributed by atoms with Gasteiger partial charge in [-0.1, -0.05) is 60.7 Å². The van der Waals surface area contributed by atoms with Crippen molar-refractivity contribution in [3.05, 3.63) is 90.5 Å². The number of methoxy groups -OCH3 is 1. The molecule has 4 aromatic rings. The maximum absolute atomic E-state index is 12.4. The van der Waals surface area contributed by atoms with E-state index < -0.39 is 0 Å². The molecule has 5 nitrogen and oxygen atoms in total. The van der Waals surface area contributed by atoms with Crippen LogP contribution in [0.2, 0.25) is 0 Å². The third-order valence-corrected chi connectivity index (χ3v) is 4.78. The Morgan fingerprint density at radius 3 is 2.47 bits per heavy atom. The second-order valence-corrected chi connectivity index (χ2v) is 6.77. The van der Waals surface area contributed by atoms with E-state index in [9.17, 15) is 4.79 Å². The number of amides is 1. The molecule has 0 aliphatic heterocycles. The molecule has 1 N–H and O–H groups in total. The highest BCUT2D eigenvalue weighted by atomic mass is 16.5. The molecule has 0 unspecified atom stereocenters. The summed E-state index contributed by atoms with van der Waals surface area (Å²) in [6, 6.07) is 27.1. The largest absolute Gasteiger partial charge is 0.496 e. The van der Waals surface area contributed by atoms with Gasteiger partial charge in [-0.25, -0.2) is 4.98 Å². The van der Waals surface area contributed by atoms with Crippen molar-refractivity contribution in [2.24, 2.45) is 0 Å². The molecule has 5 heteroatoms. The number of benzene rings is 3. The summed E-state index contributed by atoms with van der Waals surface area (Å²) < 4.78 is 11.2. The molecule has 0 saturated carbocycles. The molecule has 0 saturated heterocycles. The average Bonchev–Trinajstić information content (AvgIpc) is 2.81. The van der Waals surface area contributed by atoms with Crippen molar-refractivity contribution in [2.45, 2.75) is 6.54 Å². The lowest BCUT2D eigenvalue weighted by Crippen LogP contribution is -2.28. The fourth-order valence-electron chi connectivity index (χ4n) is 3.26. The van der Waals surface area contributed by atoms with Crippen molar-refractivity contribution in [3.8, 4) is 22.8 Å². The lowest BCUT2D eigenvalue weighted by molar-refractivity contribution is -0.123. The SMILES string of the molecule is COc1ccccc1CNC(=O)COc1cc(-c2ccccc2)nc2ccccc12. The van der Waals surface area contributed by atoms with Crippen LogP contribution in [-0.4, -0.2) is 24.6 Å². The lowest BCUT2D eigenvalue weighted by atomic mass is 10.1. The van der Waals surface area contributed by atoms with Crippen molar-refractivity contribution in [1.82, 2.24) is 10.3 Å². The number of ether oxygens (including phenoxy) is 2. The van der Waals surface area contributed by atoms with E-state index in [4.69, 9.17) is 14.5 Å². The lowest BCUT2D eigenvalue weighted by Gasteiger charge is -2.13. The van der Waals surface area contributed by atoms with Gasteiger partial charge in [0.25, 0.3) is 5.91 Å². The Morgan fingerprint density at radius 1 is 0.900 bits per heavy atom. The molecule has 1 amide bonds. The van der Waals surface area contributed by atoms with Gasteiger partial charge in [-0.3, -0.25) is 4.79 Å². The Bertz CT molecular complexity index is 1160. The summed E-state index contributed by atoms with van der Waals surface area (Å²) in [5.74, 6) is 1.17. The first-order valence-electron chi connectivity index (χ1n) is 9.71. The van der Waals surface area contributed by atoms with E-state index in [0.717, 1.165) is 33.5 Å². The van der Waals surface area contributed by atoms with Crippen molar-refractivity contribution in [3.63, 3.8) is 0 Å². The summed E-state index contributed by atoms with van der Waals surface area (Å²) in [6.07, 6.45) is 0. The third kappa shape index (κ3) is 4.41. The van der Waals surface area contributed by atoms with Gasteiger partial charge in [0.1, 0.15) is 11.5 Å². The van der Waals surface area contributed by atoms with Gasteiger partial charge in [0.15, 0.2) is 6.61 Å². The summed E-state index contributed by atoms with van der Waals surface area (Å²) in [5, 5.41) is 3.75. The Labute approximate surface area is 175 Å². The first-order valence-corrected chi connectivity index (χ1v) is 9.71. The second kappa shape index (κ2) is 9.09. The van der Waals surface area contributed by atoms with Gasteiger partial charge in [-0.2, -0.15) is 0 Å². The maximum atomic E-state index is 12.4. The standard InChI is InChI=1S/C25H22N2O3/c1-29-23-14-8-5-11-19(23)16-26-25(28)17-30-24-15-22(18-9-3-2-4-10-18)27-21-13-7-6-12-20(21)24/h2-15H,16-17H2,1H3,(H,26,28). The van der Waals surface area contributed by atoms with Crippen LogP contribution in [0.3, 0.4) is 0 Å². The van der Waals surface area contributed by atoms with E-state index in [2.05, 4.69) is 5.32 Å². The third-order valence-electron chi connectivity index (χ3n) is 4.78. The number of carbonyl (C=O) groups excluding carboxylic acids is 1. The molecular formula is C25H22N2O3. The van der Waals surface area contributed by atoms with Crippen LogP contribution < -0.4 is 14.8 Å². The predicted molar refractivity (Wildman–Crippen MR) is 118 cm³/mol. The average molecular weight is 398 g/mol. The molecule has 0 radical (unpaired) electrons. The summed E-state index contributed by atoms with van der Waals surface area (Å²) in [7, 11) is 1.61. The summed E-state index contributed by atoms with van der Waals surface area (Å²) in [4.78, 5) is 17.1. The molecule has 1 heterocycles. The second-order valence-electron chi connectivity index (χ2n) is 6.77. The molecule has 0 aliphatic carbocycles. The van der Waals surface area contributed by atoms with Gasteiger partial charge in [0.2, 0.25) is 0 Å². The minimum Gasteiger partial charge on any atom is -0.496 e. The van der Waals surface area contributed by atoms with Gasteiger partial charge in [-0.15, -0.1) is 0 Å². The predicted octanol–water partition coefficient (Wildman–Crippen LogP) is 4.61. The van der Waals surface area contributed by atoms with E-state index >= 15 is 0 Å². The first-order chi connectivity index (χ1) is 14.7. The van der Waals surface area contributed by atoms with Crippen LogP contribution in [0.1, 0.15) is 5.56 Å². The minimum atomic E-state index is -0.205. The topological polar surface area (TPSA) is 60.5 Å². The number of aromatic nitrogens is 1. The summed E-state index contributed by atoms with van der Waals surface area (Å²) in [5.41, 5.74) is 3.53. The molecule has 0 spiro atoms. The van der Waals surface area contributed by atoms with Crippen LogP contribution in [-0.2, 0) is 11.3 Å². The molecular weight excluding hydrogens is 376 g/mol. The van der Waals surface area contributed by atoms with Crippen LogP contribution in [0.5, 0.6) is 11.5 Å². The number of nitrogens with one attached hydrogen (secondary N) is 1. The van der Waals surface area contributed by atoms with Gasteiger partial charge in [0, 0.05) is 29.1 Å². The minimum absolute atomic E-state index is 0.0859. The van der Waals surface area contributed by atoms with Crippen molar-refractivity contribution in [1.29, 1.82) is 0 Å². The Morgan fingerprint density at radius 2 is 1.63 bits per heavy atom. The molecule has 150 valence electrons. The quantitative estimate of drug-likeness (QED) is 0.494. The van der Waals surface area contributed by atoms with Gasteiger partial charge in [0.05, 0.1) is 18.3 Å². The fraction of sp³-hybridized carbons (Fsp3) is 0.120. The maximum Gasteiger partial charge on any atom is 0.258 e. The normalized spacial score (nSPS) is 10.6. The molecule has 3 aromatic carbocycles. The van der Waals surface area contributed by atoms with Crippen molar-refractivity contribution < 1.29 is 14.3 Å². The highest BCUT2D eigenvalue weighted by molar-refractivity contribution is 5.88. The molecule has 0 aliphatic rings. The van der Waals surface area contributed by atoms with Crippen LogP contribution >= 0.6 is 0 Å². The zero-order valence-corrected chi connectivity index (χ0v) is 16.7. The molecule has 0 fully saturated rings. The first kappa shape index (κ1) is 19.5. The fourth-order valence-corrected chi connectivity index (χ4v) is 3.26. The number of carbonyl (C=O) groups is 1. The smallest absolute Gasteiger partial charge is 0.258 e. The number of fused-ring (bicyclic) bond motifs is 1. The van der Waals surface area contributed by atoms with E-state index in [1.807, 2.05) is 84.9 Å². The monoisotopic (exact) mass is 398 g/mol. The van der Waals surface area contributed by atoms with Crippen LogP contribution in [0, 0.1) is 0 Å². The highest BCUT2D eigenvalue weighted by Gasteiger charge is 2.11. The number of pyridine rings is 1. The van der Waals surface area contributed by atoms with E-state index in [1.165, 1.54) is 0 Å². The molecule has 30 heavy (non-hydrogen) atoms. The summed E-state index contributed by atoms with van der Waals surface area (Å²) >= 11 is 0. The number of rotatable bonds is 7. The number of para-hydroxylation sites is 2. The van der Waals surface area contributed by atoms with Gasteiger partial charge >= 0.3 is 0 Å². The zero-order chi connectivity index (χ0) is 20.8. The van der Waals surface area contributed by atoms with E-state index in [0.29, 0.717) is 12.3 Å². The van der Waals surface area contributed by atoms with Crippen molar-refractivity contribution in [2.75, 3.05) is 13.7 Å². The van der Waals surface area contributed by atoms with Crippen LogP contribution in [0.25, 0.3) is 22.2 Å². The van der Waals surface area contributed by atoms with Crippen LogP contribution in [0.4, 0.5) is 0 Å². The van der Waals surface area contributed by atoms with Gasteiger partial charge < -0.3 is 14.8 Å². The highest BCUT2D eigenvalue weighted by Crippen LogP contribution is 2.30. The van der Waals surface area contributed by atoms with E-state index in [-0.39, 0.29) is 12.5 Å². The van der Waals surface area contributed by atoms with E-state index in [1.54, 1.807) is 7.11 Å².